The molecule has 2 unspecified atom stereocenters. The molecule has 23 heavy (non-hydrogen) atoms. The van der Waals surface area contributed by atoms with Crippen molar-refractivity contribution in [3.05, 3.63) is 0 Å². The van der Waals surface area contributed by atoms with Gasteiger partial charge in [0.2, 0.25) is 5.91 Å². The minimum atomic E-state index is -1.15. The maximum atomic E-state index is 11.9. The molecule has 3 amide bonds. The van der Waals surface area contributed by atoms with E-state index >= 15 is 0 Å². The third-order valence-electron chi connectivity index (χ3n) is 3.62. The van der Waals surface area contributed by atoms with Crippen LogP contribution in [0.25, 0.3) is 0 Å². The molecule has 0 saturated carbocycles. The fourth-order valence-electron chi connectivity index (χ4n) is 2.44. The van der Waals surface area contributed by atoms with Crippen LogP contribution in [0.15, 0.2) is 4.99 Å². The quantitative estimate of drug-likeness (QED) is 0.416. The zero-order valence-electron chi connectivity index (χ0n) is 14.5. The standard InChI is InChI=1S/C11H18N2O3.C3H7NO2.Na/c1-4-6-7(3)11(5-2)8(14)12-10(16)13-9(11)15;1-2-6-3(4)5;/h7H,4-6H2,1-3H3,(H2,12,13,14,15,16);2H2,1H3,(H2,4,5);/q;;+1/p-1. The second-order valence-electron chi connectivity index (χ2n) is 4.94. The van der Waals surface area contributed by atoms with Crippen molar-refractivity contribution in [2.24, 2.45) is 22.1 Å². The molecule has 1 rings (SSSR count). The number of carbonyl (C=O) groups is 3. The largest absolute Gasteiger partial charge is 1.00 e. The molecule has 1 aliphatic rings. The van der Waals surface area contributed by atoms with Crippen molar-refractivity contribution < 1.29 is 53.8 Å². The Balaban J connectivity index is 0. The summed E-state index contributed by atoms with van der Waals surface area (Å²) in [6.07, 6.45) is 1.31. The molecule has 0 aromatic carbocycles. The van der Waals surface area contributed by atoms with Gasteiger partial charge >= 0.3 is 35.7 Å². The number of nitrogens with one attached hydrogen (secondary N) is 1. The van der Waals surface area contributed by atoms with Crippen molar-refractivity contribution in [2.45, 2.75) is 47.0 Å². The number of hydrogen-bond donors (Lipinski definition) is 2. The SMILES string of the molecule is CCCC(C)C1(CC)C(=O)N=C([O-])NC1=O.CCOC(N)=O.[Na+]. The van der Waals surface area contributed by atoms with Crippen LogP contribution in [0.4, 0.5) is 4.79 Å². The Bertz CT molecular complexity index is 456. The number of amides is 3. The molecule has 0 saturated heterocycles. The van der Waals surface area contributed by atoms with Gasteiger partial charge in [0, 0.05) is 0 Å². The van der Waals surface area contributed by atoms with Crippen LogP contribution in [-0.2, 0) is 14.3 Å². The number of nitrogens with two attached hydrogens (primary N) is 1. The van der Waals surface area contributed by atoms with Crippen molar-refractivity contribution in [1.82, 2.24) is 5.32 Å². The second kappa shape index (κ2) is 11.4. The number of nitrogens with zero attached hydrogens (tertiary/aromatic N) is 1. The monoisotopic (exact) mass is 337 g/mol. The van der Waals surface area contributed by atoms with E-state index in [1.165, 1.54) is 0 Å². The Morgan fingerprint density at radius 1 is 1.39 bits per heavy atom. The summed E-state index contributed by atoms with van der Waals surface area (Å²) in [4.78, 5) is 36.7. The molecule has 0 fully saturated rings. The van der Waals surface area contributed by atoms with Gasteiger partial charge in [-0.25, -0.2) is 9.79 Å². The summed E-state index contributed by atoms with van der Waals surface area (Å²) < 4.78 is 4.18. The van der Waals surface area contributed by atoms with Gasteiger partial charge in [-0.05, 0) is 25.7 Å². The van der Waals surface area contributed by atoms with Crippen LogP contribution in [0.3, 0.4) is 0 Å². The minimum absolute atomic E-state index is 0. The molecule has 0 aromatic rings. The minimum Gasteiger partial charge on any atom is -0.846 e. The van der Waals surface area contributed by atoms with Crippen LogP contribution in [0.1, 0.15) is 47.0 Å². The van der Waals surface area contributed by atoms with Crippen LogP contribution in [0.2, 0.25) is 0 Å². The van der Waals surface area contributed by atoms with Gasteiger partial charge in [0.05, 0.1) is 12.6 Å². The van der Waals surface area contributed by atoms with Gasteiger partial charge in [0.25, 0.3) is 5.91 Å². The van der Waals surface area contributed by atoms with E-state index in [-0.39, 0.29) is 35.5 Å². The molecule has 0 spiro atoms. The van der Waals surface area contributed by atoms with Gasteiger partial charge in [-0.3, -0.25) is 9.59 Å². The van der Waals surface area contributed by atoms with Crippen LogP contribution in [0.5, 0.6) is 0 Å². The summed E-state index contributed by atoms with van der Waals surface area (Å²) in [6.45, 7) is 7.68. The zero-order valence-corrected chi connectivity index (χ0v) is 16.5. The molecule has 0 bridgehead atoms. The molecule has 9 heteroatoms. The average Bonchev–Trinajstić information content (AvgIpc) is 2.39. The van der Waals surface area contributed by atoms with Crippen LogP contribution in [-0.4, -0.2) is 30.5 Å². The van der Waals surface area contributed by atoms with Gasteiger partial charge in [0.1, 0.15) is 5.41 Å². The smallest absolute Gasteiger partial charge is 0.846 e. The molecule has 0 radical (unpaired) electrons. The molecular weight excluding hydrogens is 313 g/mol. The summed E-state index contributed by atoms with van der Waals surface area (Å²) in [7, 11) is 0. The molecule has 126 valence electrons. The van der Waals surface area contributed by atoms with E-state index in [0.29, 0.717) is 13.0 Å². The molecular formula is C14H24N3NaO5. The zero-order chi connectivity index (χ0) is 17.3. The molecule has 0 aliphatic carbocycles. The van der Waals surface area contributed by atoms with Gasteiger partial charge < -0.3 is 20.9 Å². The van der Waals surface area contributed by atoms with E-state index in [2.05, 4.69) is 20.8 Å². The Morgan fingerprint density at radius 3 is 2.26 bits per heavy atom. The van der Waals surface area contributed by atoms with E-state index < -0.39 is 29.3 Å². The second-order valence-corrected chi connectivity index (χ2v) is 4.94. The van der Waals surface area contributed by atoms with Crippen molar-refractivity contribution in [2.75, 3.05) is 6.61 Å². The van der Waals surface area contributed by atoms with E-state index in [1.54, 1.807) is 13.8 Å². The molecule has 2 atom stereocenters. The number of rotatable bonds is 5. The predicted octanol–water partition coefficient (Wildman–Crippen LogP) is -2.70. The van der Waals surface area contributed by atoms with E-state index in [1.807, 2.05) is 13.8 Å². The number of aliphatic imine (C=N–C) groups is 1. The predicted molar refractivity (Wildman–Crippen MR) is 78.6 cm³/mol. The summed E-state index contributed by atoms with van der Waals surface area (Å²) in [5, 5.41) is 13.1. The molecule has 1 aliphatic heterocycles. The maximum Gasteiger partial charge on any atom is 1.00 e. The van der Waals surface area contributed by atoms with Gasteiger partial charge in [0.15, 0.2) is 0 Å². The fourth-order valence-corrected chi connectivity index (χ4v) is 2.44. The number of amidine groups is 1. The van der Waals surface area contributed by atoms with Crippen molar-refractivity contribution >= 4 is 23.9 Å². The molecule has 0 aromatic heterocycles. The first-order chi connectivity index (χ1) is 10.3. The third kappa shape index (κ3) is 6.48. The Morgan fingerprint density at radius 2 is 1.96 bits per heavy atom. The molecule has 1 heterocycles. The first-order valence-electron chi connectivity index (χ1n) is 7.29. The van der Waals surface area contributed by atoms with Gasteiger partial charge in [-0.2, -0.15) is 0 Å². The van der Waals surface area contributed by atoms with E-state index in [0.717, 1.165) is 12.8 Å². The van der Waals surface area contributed by atoms with E-state index in [4.69, 9.17) is 0 Å². The molecule has 8 nitrogen and oxygen atoms in total. The normalized spacial score (nSPS) is 21.0. The summed E-state index contributed by atoms with van der Waals surface area (Å²) in [6, 6.07) is -0.845. The number of hydrogen-bond acceptors (Lipinski definition) is 5. The fraction of sp³-hybridized carbons (Fsp3) is 0.714. The Kier molecular flexibility index (Phi) is 12.0. The van der Waals surface area contributed by atoms with Crippen LogP contribution >= 0.6 is 0 Å². The van der Waals surface area contributed by atoms with Crippen molar-refractivity contribution in [3.63, 3.8) is 0 Å². The van der Waals surface area contributed by atoms with Crippen LogP contribution < -0.4 is 45.7 Å². The first-order valence-corrected chi connectivity index (χ1v) is 7.29. The maximum absolute atomic E-state index is 11.9. The average molecular weight is 337 g/mol. The first kappa shape index (κ1) is 24.1. The van der Waals surface area contributed by atoms with Crippen molar-refractivity contribution in [1.29, 1.82) is 0 Å². The summed E-state index contributed by atoms with van der Waals surface area (Å²) in [5.74, 6) is -1.20. The number of carbonyl (C=O) groups excluding carboxylic acids is 3. The number of primary amides is 1. The Hall–Kier alpha value is -1.12. The van der Waals surface area contributed by atoms with Gasteiger partial charge in [-0.15, -0.1) is 0 Å². The van der Waals surface area contributed by atoms with Crippen LogP contribution in [0, 0.1) is 11.3 Å². The molecule has 3 N–H and O–H groups in total. The van der Waals surface area contributed by atoms with Crippen molar-refractivity contribution in [3.8, 4) is 0 Å². The Labute approximate surface area is 158 Å². The number of ether oxygens (including phenoxy) is 1. The third-order valence-corrected chi connectivity index (χ3v) is 3.62. The summed E-state index contributed by atoms with van der Waals surface area (Å²) in [5.41, 5.74) is 3.39. The van der Waals surface area contributed by atoms with Gasteiger partial charge in [-0.1, -0.05) is 27.2 Å². The summed E-state index contributed by atoms with van der Waals surface area (Å²) >= 11 is 0. The van der Waals surface area contributed by atoms with E-state index in [9.17, 15) is 19.5 Å². The topological polar surface area (TPSA) is 134 Å².